The Morgan fingerprint density at radius 1 is 1.32 bits per heavy atom. The summed E-state index contributed by atoms with van der Waals surface area (Å²) < 4.78 is 11.4. The van der Waals surface area contributed by atoms with Gasteiger partial charge in [-0.25, -0.2) is 0 Å². The first-order valence-electron chi connectivity index (χ1n) is 6.98. The van der Waals surface area contributed by atoms with Crippen LogP contribution in [0.1, 0.15) is 31.2 Å². The molecular weight excluding hydrogens is 242 g/mol. The van der Waals surface area contributed by atoms with Crippen LogP contribution < -0.4 is 10.1 Å². The van der Waals surface area contributed by atoms with Gasteiger partial charge in [0.25, 0.3) is 0 Å². The zero-order chi connectivity index (χ0) is 13.1. The molecule has 2 aliphatic heterocycles. The van der Waals surface area contributed by atoms with E-state index in [1.165, 1.54) is 12.0 Å². The van der Waals surface area contributed by atoms with Crippen LogP contribution in [0.5, 0.6) is 5.75 Å². The van der Waals surface area contributed by atoms with Crippen LogP contribution in [0, 0.1) is 0 Å². The molecule has 3 rings (SSSR count). The van der Waals surface area contributed by atoms with Crippen molar-refractivity contribution in [2.24, 2.45) is 0 Å². The van der Waals surface area contributed by atoms with Gasteiger partial charge in [0, 0.05) is 24.8 Å². The fraction of sp³-hybridized carbons (Fsp3) is 0.533. The number of nitrogens with one attached hydrogen (secondary N) is 1. The average molecular weight is 261 g/mol. The smallest absolute Gasteiger partial charge is 0.224 e. The fourth-order valence-corrected chi connectivity index (χ4v) is 2.57. The third-order valence-electron chi connectivity index (χ3n) is 3.69. The minimum absolute atomic E-state index is 0.0836. The number of rotatable bonds is 3. The van der Waals surface area contributed by atoms with Gasteiger partial charge in [0.05, 0.1) is 6.10 Å². The fourth-order valence-electron chi connectivity index (χ4n) is 2.57. The van der Waals surface area contributed by atoms with Crippen LogP contribution >= 0.6 is 0 Å². The summed E-state index contributed by atoms with van der Waals surface area (Å²) in [6, 6.07) is 5.92. The predicted octanol–water partition coefficient (Wildman–Crippen LogP) is 2.52. The minimum atomic E-state index is 0.0836. The van der Waals surface area contributed by atoms with Gasteiger partial charge in [0.15, 0.2) is 0 Å². The van der Waals surface area contributed by atoms with Crippen LogP contribution in [0.2, 0.25) is 0 Å². The molecule has 1 N–H and O–H groups in total. The van der Waals surface area contributed by atoms with Crippen molar-refractivity contribution in [1.29, 1.82) is 0 Å². The second kappa shape index (κ2) is 5.61. The summed E-state index contributed by atoms with van der Waals surface area (Å²) in [5.41, 5.74) is 2.07. The maximum atomic E-state index is 11.4. The van der Waals surface area contributed by atoms with E-state index >= 15 is 0 Å². The highest BCUT2D eigenvalue weighted by Gasteiger charge is 2.17. The molecule has 1 amide bonds. The van der Waals surface area contributed by atoms with Gasteiger partial charge in [0.2, 0.25) is 5.91 Å². The van der Waals surface area contributed by atoms with Crippen LogP contribution in [0.4, 0.5) is 5.69 Å². The molecule has 102 valence electrons. The van der Waals surface area contributed by atoms with E-state index in [9.17, 15) is 4.79 Å². The molecule has 4 nitrogen and oxygen atoms in total. The maximum absolute atomic E-state index is 11.4. The Kier molecular flexibility index (Phi) is 3.69. The Morgan fingerprint density at radius 3 is 3.11 bits per heavy atom. The SMILES string of the molecule is O=C1CCc2ccc(OCC3CCCCO3)cc2N1. The molecule has 1 saturated heterocycles. The number of benzene rings is 1. The van der Waals surface area contributed by atoms with Crippen molar-refractivity contribution in [1.82, 2.24) is 0 Å². The van der Waals surface area contributed by atoms with Crippen LogP contribution in [0.15, 0.2) is 18.2 Å². The maximum Gasteiger partial charge on any atom is 0.224 e. The van der Waals surface area contributed by atoms with E-state index in [1.807, 2.05) is 18.2 Å². The van der Waals surface area contributed by atoms with E-state index < -0.39 is 0 Å². The van der Waals surface area contributed by atoms with E-state index in [0.29, 0.717) is 13.0 Å². The Hall–Kier alpha value is -1.55. The topological polar surface area (TPSA) is 47.6 Å². The number of hydrogen-bond donors (Lipinski definition) is 1. The second-order valence-electron chi connectivity index (χ2n) is 5.17. The van der Waals surface area contributed by atoms with E-state index in [0.717, 1.165) is 37.3 Å². The van der Waals surface area contributed by atoms with E-state index in [1.54, 1.807) is 0 Å². The number of ether oxygens (including phenoxy) is 2. The molecule has 0 aromatic heterocycles. The molecule has 0 radical (unpaired) electrons. The Labute approximate surface area is 113 Å². The first-order valence-corrected chi connectivity index (χ1v) is 6.98. The molecule has 2 heterocycles. The normalized spacial score (nSPS) is 22.5. The van der Waals surface area contributed by atoms with Gasteiger partial charge in [-0.05, 0) is 37.3 Å². The molecule has 1 atom stereocenters. The van der Waals surface area contributed by atoms with Crippen molar-refractivity contribution in [3.8, 4) is 5.75 Å². The highest BCUT2D eigenvalue weighted by atomic mass is 16.5. The lowest BCUT2D eigenvalue weighted by molar-refractivity contribution is -0.116. The van der Waals surface area contributed by atoms with Gasteiger partial charge in [-0.1, -0.05) is 6.07 Å². The molecule has 0 bridgehead atoms. The van der Waals surface area contributed by atoms with E-state index in [-0.39, 0.29) is 12.0 Å². The summed E-state index contributed by atoms with van der Waals surface area (Å²) in [4.78, 5) is 11.4. The number of carbonyl (C=O) groups excluding carboxylic acids is 1. The summed E-state index contributed by atoms with van der Waals surface area (Å²) in [7, 11) is 0. The zero-order valence-electron chi connectivity index (χ0n) is 11.0. The number of aryl methyl sites for hydroxylation is 1. The van der Waals surface area contributed by atoms with Crippen LogP contribution in [-0.4, -0.2) is 25.2 Å². The molecule has 1 unspecified atom stereocenters. The second-order valence-corrected chi connectivity index (χ2v) is 5.17. The lowest BCUT2D eigenvalue weighted by atomic mass is 10.0. The molecule has 1 aromatic carbocycles. The van der Waals surface area contributed by atoms with Gasteiger partial charge >= 0.3 is 0 Å². The molecule has 2 aliphatic rings. The Balaban J connectivity index is 1.61. The van der Waals surface area contributed by atoms with Gasteiger partial charge in [-0.3, -0.25) is 4.79 Å². The van der Waals surface area contributed by atoms with Gasteiger partial charge in [-0.2, -0.15) is 0 Å². The number of amides is 1. The van der Waals surface area contributed by atoms with Crippen molar-refractivity contribution in [2.75, 3.05) is 18.5 Å². The standard InChI is InChI=1S/C15H19NO3/c17-15-7-5-11-4-6-12(9-14(11)16-15)19-10-13-3-1-2-8-18-13/h4,6,9,13H,1-3,5,7-8,10H2,(H,16,17). The molecule has 0 saturated carbocycles. The monoisotopic (exact) mass is 261 g/mol. The third-order valence-corrected chi connectivity index (χ3v) is 3.69. The lowest BCUT2D eigenvalue weighted by Crippen LogP contribution is -2.26. The van der Waals surface area contributed by atoms with Gasteiger partial charge in [-0.15, -0.1) is 0 Å². The van der Waals surface area contributed by atoms with Crippen LogP contribution in [0.3, 0.4) is 0 Å². The molecule has 1 aromatic rings. The predicted molar refractivity (Wildman–Crippen MR) is 72.5 cm³/mol. The third kappa shape index (κ3) is 3.07. The summed E-state index contributed by atoms with van der Waals surface area (Å²) in [6.07, 6.45) is 5.03. The summed E-state index contributed by atoms with van der Waals surface area (Å²) in [5, 5.41) is 2.89. The highest BCUT2D eigenvalue weighted by Crippen LogP contribution is 2.27. The first kappa shape index (κ1) is 12.5. The van der Waals surface area contributed by atoms with E-state index in [4.69, 9.17) is 9.47 Å². The van der Waals surface area contributed by atoms with Crippen molar-refractivity contribution >= 4 is 11.6 Å². The summed E-state index contributed by atoms with van der Waals surface area (Å²) in [5.74, 6) is 0.885. The van der Waals surface area contributed by atoms with Crippen molar-refractivity contribution in [3.63, 3.8) is 0 Å². The minimum Gasteiger partial charge on any atom is -0.491 e. The molecular formula is C15H19NO3. The lowest BCUT2D eigenvalue weighted by Gasteiger charge is -2.23. The quantitative estimate of drug-likeness (QED) is 0.909. The van der Waals surface area contributed by atoms with Crippen LogP contribution in [-0.2, 0) is 16.0 Å². The number of carbonyl (C=O) groups is 1. The number of fused-ring (bicyclic) bond motifs is 1. The van der Waals surface area contributed by atoms with Crippen molar-refractivity contribution in [2.45, 2.75) is 38.2 Å². The largest absolute Gasteiger partial charge is 0.491 e. The van der Waals surface area contributed by atoms with Crippen molar-refractivity contribution in [3.05, 3.63) is 23.8 Å². The highest BCUT2D eigenvalue weighted by molar-refractivity contribution is 5.94. The first-order chi connectivity index (χ1) is 9.31. The molecule has 0 aliphatic carbocycles. The van der Waals surface area contributed by atoms with Crippen molar-refractivity contribution < 1.29 is 14.3 Å². The zero-order valence-corrected chi connectivity index (χ0v) is 11.0. The number of hydrogen-bond acceptors (Lipinski definition) is 3. The molecule has 4 heteroatoms. The molecule has 0 spiro atoms. The molecule has 19 heavy (non-hydrogen) atoms. The molecule has 1 fully saturated rings. The summed E-state index contributed by atoms with van der Waals surface area (Å²) >= 11 is 0. The Morgan fingerprint density at radius 2 is 2.26 bits per heavy atom. The average Bonchev–Trinajstić information content (AvgIpc) is 2.46. The number of anilines is 1. The van der Waals surface area contributed by atoms with Gasteiger partial charge in [0.1, 0.15) is 12.4 Å². The Bertz CT molecular complexity index is 466. The van der Waals surface area contributed by atoms with Crippen LogP contribution in [0.25, 0.3) is 0 Å². The van der Waals surface area contributed by atoms with Gasteiger partial charge < -0.3 is 14.8 Å². The summed E-state index contributed by atoms with van der Waals surface area (Å²) in [6.45, 7) is 1.43. The van der Waals surface area contributed by atoms with E-state index in [2.05, 4.69) is 5.32 Å².